The van der Waals surface area contributed by atoms with E-state index in [1.54, 1.807) is 6.07 Å². The highest BCUT2D eigenvalue weighted by molar-refractivity contribution is 6.35. The summed E-state index contributed by atoms with van der Waals surface area (Å²) in [5.41, 5.74) is 1.91. The van der Waals surface area contributed by atoms with Crippen LogP contribution < -0.4 is 5.32 Å². The monoisotopic (exact) mass is 234 g/mol. The molecule has 0 unspecified atom stereocenters. The van der Waals surface area contributed by atoms with Gasteiger partial charge in [-0.3, -0.25) is 4.79 Å². The molecule has 0 atom stereocenters. The number of rotatable bonds is 1. The summed E-state index contributed by atoms with van der Waals surface area (Å²) < 4.78 is 0. The van der Waals surface area contributed by atoms with Crippen LogP contribution in [0.15, 0.2) is 24.3 Å². The van der Waals surface area contributed by atoms with Crippen LogP contribution in [0.25, 0.3) is 10.9 Å². The van der Waals surface area contributed by atoms with Gasteiger partial charge in [0.05, 0.1) is 10.5 Å². The first-order valence-corrected chi connectivity index (χ1v) is 5.28. The van der Waals surface area contributed by atoms with Gasteiger partial charge in [-0.1, -0.05) is 23.2 Å². The molecule has 0 aliphatic rings. The predicted molar refractivity (Wildman–Crippen MR) is 65.8 cm³/mol. The fourth-order valence-corrected chi connectivity index (χ4v) is 1.80. The summed E-state index contributed by atoms with van der Waals surface area (Å²) in [4.78, 5) is 15.2. The number of amides is 1. The van der Waals surface area contributed by atoms with Crippen molar-refractivity contribution in [3.8, 4) is 0 Å². The van der Waals surface area contributed by atoms with E-state index in [-0.39, 0.29) is 5.91 Å². The summed E-state index contributed by atoms with van der Waals surface area (Å²) in [6.07, 6.45) is 0. The summed E-state index contributed by atoms with van der Waals surface area (Å²) in [6, 6.07) is 7.48. The van der Waals surface area contributed by atoms with Crippen molar-refractivity contribution in [1.82, 2.24) is 4.98 Å². The van der Waals surface area contributed by atoms with Gasteiger partial charge in [0.25, 0.3) is 0 Å². The zero-order valence-electron chi connectivity index (χ0n) is 9.04. The van der Waals surface area contributed by atoms with E-state index in [0.29, 0.717) is 10.8 Å². The number of aryl methyl sites for hydroxylation is 1. The Morgan fingerprint density at radius 3 is 2.81 bits per heavy atom. The number of benzene rings is 1. The highest BCUT2D eigenvalue weighted by Crippen LogP contribution is 2.25. The minimum absolute atomic E-state index is 0.157. The molecule has 16 heavy (non-hydrogen) atoms. The number of nitrogens with one attached hydrogen (secondary N) is 1. The Balaban J connectivity index is 2.59. The SMILES string of the molecule is CC(=O)Nc1cc(Cl)c2cc(C)ccc2n1. The molecule has 2 aromatic rings. The van der Waals surface area contributed by atoms with Crippen LogP contribution in [0.4, 0.5) is 5.82 Å². The topological polar surface area (TPSA) is 42.0 Å². The molecule has 0 saturated heterocycles. The molecule has 1 aromatic heterocycles. The molecule has 0 fully saturated rings. The molecular formula is C12H11ClN2O. The fourth-order valence-electron chi connectivity index (χ4n) is 1.54. The van der Waals surface area contributed by atoms with E-state index in [2.05, 4.69) is 10.3 Å². The van der Waals surface area contributed by atoms with E-state index in [9.17, 15) is 4.79 Å². The van der Waals surface area contributed by atoms with Gasteiger partial charge in [-0.25, -0.2) is 4.98 Å². The molecular weight excluding hydrogens is 224 g/mol. The van der Waals surface area contributed by atoms with Gasteiger partial charge in [0.15, 0.2) is 0 Å². The van der Waals surface area contributed by atoms with Gasteiger partial charge in [0, 0.05) is 18.4 Å². The molecule has 1 heterocycles. The Morgan fingerprint density at radius 1 is 1.38 bits per heavy atom. The van der Waals surface area contributed by atoms with Crippen molar-refractivity contribution in [1.29, 1.82) is 0 Å². The molecule has 2 rings (SSSR count). The number of hydrogen-bond donors (Lipinski definition) is 1. The number of hydrogen-bond acceptors (Lipinski definition) is 2. The predicted octanol–water partition coefficient (Wildman–Crippen LogP) is 3.16. The Morgan fingerprint density at radius 2 is 2.12 bits per heavy atom. The fraction of sp³-hybridized carbons (Fsp3) is 0.167. The second-order valence-electron chi connectivity index (χ2n) is 3.69. The first-order chi connectivity index (χ1) is 7.56. The molecule has 1 N–H and O–H groups in total. The number of fused-ring (bicyclic) bond motifs is 1. The van der Waals surface area contributed by atoms with Crippen molar-refractivity contribution in [2.75, 3.05) is 5.32 Å². The normalized spacial score (nSPS) is 10.4. The number of pyridine rings is 1. The summed E-state index contributed by atoms with van der Waals surface area (Å²) in [7, 11) is 0. The molecule has 0 spiro atoms. The van der Waals surface area contributed by atoms with Crippen molar-refractivity contribution in [3.05, 3.63) is 34.9 Å². The van der Waals surface area contributed by atoms with Crippen molar-refractivity contribution in [2.24, 2.45) is 0 Å². The molecule has 0 bridgehead atoms. The number of anilines is 1. The summed E-state index contributed by atoms with van der Waals surface area (Å²) in [5, 5.41) is 4.11. The van der Waals surface area contributed by atoms with Crippen molar-refractivity contribution in [3.63, 3.8) is 0 Å². The third kappa shape index (κ3) is 2.14. The highest BCUT2D eigenvalue weighted by atomic mass is 35.5. The van der Waals surface area contributed by atoms with Crippen molar-refractivity contribution >= 4 is 34.2 Å². The molecule has 0 aliphatic heterocycles. The maximum Gasteiger partial charge on any atom is 0.222 e. The summed E-state index contributed by atoms with van der Waals surface area (Å²) >= 11 is 6.13. The minimum atomic E-state index is -0.157. The number of carbonyl (C=O) groups excluding carboxylic acids is 1. The lowest BCUT2D eigenvalue weighted by Crippen LogP contribution is -2.07. The lowest BCUT2D eigenvalue weighted by molar-refractivity contribution is -0.114. The van der Waals surface area contributed by atoms with Crippen LogP contribution in [-0.4, -0.2) is 10.9 Å². The lowest BCUT2D eigenvalue weighted by atomic mass is 10.1. The highest BCUT2D eigenvalue weighted by Gasteiger charge is 2.05. The van der Waals surface area contributed by atoms with E-state index in [0.717, 1.165) is 16.5 Å². The molecule has 0 radical (unpaired) electrons. The van der Waals surface area contributed by atoms with Gasteiger partial charge >= 0.3 is 0 Å². The second-order valence-corrected chi connectivity index (χ2v) is 4.10. The molecule has 4 heteroatoms. The van der Waals surface area contributed by atoms with E-state index in [1.807, 2.05) is 25.1 Å². The van der Waals surface area contributed by atoms with Crippen LogP contribution in [0.3, 0.4) is 0 Å². The Labute approximate surface area is 98.4 Å². The molecule has 1 amide bonds. The van der Waals surface area contributed by atoms with Gasteiger partial charge < -0.3 is 5.32 Å². The van der Waals surface area contributed by atoms with Crippen LogP contribution in [0.1, 0.15) is 12.5 Å². The van der Waals surface area contributed by atoms with Gasteiger partial charge in [0.2, 0.25) is 5.91 Å². The van der Waals surface area contributed by atoms with E-state index in [4.69, 9.17) is 11.6 Å². The number of aromatic nitrogens is 1. The maximum atomic E-state index is 10.9. The standard InChI is InChI=1S/C12H11ClN2O/c1-7-3-4-11-9(5-7)10(13)6-12(15-11)14-8(2)16/h3-6H,1-2H3,(H,14,15,16). The number of carbonyl (C=O) groups is 1. The van der Waals surface area contributed by atoms with Crippen LogP contribution in [0.5, 0.6) is 0 Å². The average Bonchev–Trinajstić information content (AvgIpc) is 2.18. The van der Waals surface area contributed by atoms with Crippen LogP contribution in [-0.2, 0) is 4.79 Å². The van der Waals surface area contributed by atoms with Gasteiger partial charge in [-0.05, 0) is 19.1 Å². The van der Waals surface area contributed by atoms with Gasteiger partial charge in [0.1, 0.15) is 5.82 Å². The Bertz CT molecular complexity index is 566. The van der Waals surface area contributed by atoms with Gasteiger partial charge in [-0.15, -0.1) is 0 Å². The Kier molecular flexibility index (Phi) is 2.79. The number of nitrogens with zero attached hydrogens (tertiary/aromatic N) is 1. The first kappa shape index (κ1) is 10.9. The van der Waals surface area contributed by atoms with Gasteiger partial charge in [-0.2, -0.15) is 0 Å². The van der Waals surface area contributed by atoms with E-state index in [1.165, 1.54) is 6.92 Å². The average molecular weight is 235 g/mol. The zero-order chi connectivity index (χ0) is 11.7. The Hall–Kier alpha value is -1.61. The van der Waals surface area contributed by atoms with Crippen LogP contribution in [0, 0.1) is 6.92 Å². The zero-order valence-corrected chi connectivity index (χ0v) is 9.80. The minimum Gasteiger partial charge on any atom is -0.311 e. The summed E-state index contributed by atoms with van der Waals surface area (Å²) in [5.74, 6) is 0.323. The largest absolute Gasteiger partial charge is 0.311 e. The van der Waals surface area contributed by atoms with E-state index >= 15 is 0 Å². The third-order valence-corrected chi connectivity index (χ3v) is 2.53. The lowest BCUT2D eigenvalue weighted by Gasteiger charge is -2.06. The van der Waals surface area contributed by atoms with Crippen molar-refractivity contribution < 1.29 is 4.79 Å². The van der Waals surface area contributed by atoms with Crippen LogP contribution >= 0.6 is 11.6 Å². The van der Waals surface area contributed by atoms with Crippen molar-refractivity contribution in [2.45, 2.75) is 13.8 Å². The molecule has 1 aromatic carbocycles. The summed E-state index contributed by atoms with van der Waals surface area (Å²) in [6.45, 7) is 3.44. The van der Waals surface area contributed by atoms with Crippen LogP contribution in [0.2, 0.25) is 5.02 Å². The second kappa shape index (κ2) is 4.10. The molecule has 0 saturated carbocycles. The van der Waals surface area contributed by atoms with E-state index < -0.39 is 0 Å². The first-order valence-electron chi connectivity index (χ1n) is 4.91. The smallest absolute Gasteiger partial charge is 0.222 e. The third-order valence-electron chi connectivity index (χ3n) is 2.22. The molecule has 0 aliphatic carbocycles. The maximum absolute atomic E-state index is 10.9. The number of halogens is 1. The molecule has 3 nitrogen and oxygen atoms in total. The molecule has 82 valence electrons. The quantitative estimate of drug-likeness (QED) is 0.824.